The average Bonchev–Trinajstić information content (AvgIpc) is 2.38. The number of hydrogen-bond donors (Lipinski definition) is 2. The highest BCUT2D eigenvalue weighted by Gasteiger charge is 2.07. The van der Waals surface area contributed by atoms with E-state index in [-0.39, 0.29) is 18.3 Å². The Labute approximate surface area is 121 Å². The maximum Gasteiger partial charge on any atom is 0.243 e. The molecular formula is C15H14ClFN2O. The number of carbonyl (C=O) groups excluding carboxylic acids is 1. The third-order valence-electron chi connectivity index (χ3n) is 2.76. The van der Waals surface area contributed by atoms with Crippen LogP contribution < -0.4 is 10.6 Å². The predicted molar refractivity (Wildman–Crippen MR) is 79.7 cm³/mol. The Bertz CT molecular complexity index is 611. The van der Waals surface area contributed by atoms with E-state index in [1.807, 2.05) is 0 Å². The molecule has 0 aromatic heterocycles. The molecule has 1 amide bonds. The van der Waals surface area contributed by atoms with Crippen LogP contribution in [-0.2, 0) is 4.79 Å². The fourth-order valence-electron chi connectivity index (χ4n) is 1.80. The van der Waals surface area contributed by atoms with E-state index >= 15 is 0 Å². The van der Waals surface area contributed by atoms with Gasteiger partial charge in [-0.15, -0.1) is 0 Å². The Kier molecular flexibility index (Phi) is 4.58. The highest BCUT2D eigenvalue weighted by atomic mass is 35.5. The number of nitrogens with one attached hydrogen (secondary N) is 2. The molecule has 2 rings (SSSR count). The maximum absolute atomic E-state index is 13.6. The van der Waals surface area contributed by atoms with E-state index in [1.165, 1.54) is 6.07 Å². The van der Waals surface area contributed by atoms with E-state index < -0.39 is 0 Å². The van der Waals surface area contributed by atoms with Gasteiger partial charge in [0.15, 0.2) is 0 Å². The second-order valence-electron chi connectivity index (χ2n) is 4.34. The predicted octanol–water partition coefficient (Wildman–Crippen LogP) is 3.84. The molecule has 104 valence electrons. The first kappa shape index (κ1) is 14.3. The molecule has 0 bridgehead atoms. The Morgan fingerprint density at radius 2 is 2.00 bits per heavy atom. The first-order valence-electron chi connectivity index (χ1n) is 6.10. The highest BCUT2D eigenvalue weighted by Crippen LogP contribution is 2.18. The number of carbonyl (C=O) groups is 1. The van der Waals surface area contributed by atoms with E-state index in [9.17, 15) is 9.18 Å². The minimum atomic E-state index is -0.374. The fraction of sp³-hybridized carbons (Fsp3) is 0.133. The molecule has 0 aliphatic carbocycles. The molecule has 0 atom stereocenters. The number of aryl methyl sites for hydroxylation is 1. The van der Waals surface area contributed by atoms with E-state index in [2.05, 4.69) is 10.6 Å². The van der Waals surface area contributed by atoms with Crippen LogP contribution in [-0.4, -0.2) is 12.5 Å². The average molecular weight is 293 g/mol. The molecule has 0 spiro atoms. The van der Waals surface area contributed by atoms with Crippen LogP contribution in [0.25, 0.3) is 0 Å². The molecule has 3 nitrogen and oxygen atoms in total. The zero-order valence-electron chi connectivity index (χ0n) is 10.9. The van der Waals surface area contributed by atoms with Gasteiger partial charge in [-0.05, 0) is 36.8 Å². The van der Waals surface area contributed by atoms with Crippen molar-refractivity contribution < 1.29 is 9.18 Å². The summed E-state index contributed by atoms with van der Waals surface area (Å²) in [7, 11) is 0. The SMILES string of the molecule is Cc1cccc(F)c1NCC(=O)Nc1cccc(Cl)c1. The van der Waals surface area contributed by atoms with E-state index in [0.717, 1.165) is 5.56 Å². The van der Waals surface area contributed by atoms with Crippen molar-refractivity contribution in [2.45, 2.75) is 6.92 Å². The van der Waals surface area contributed by atoms with Gasteiger partial charge in [0.2, 0.25) is 5.91 Å². The molecule has 2 N–H and O–H groups in total. The molecule has 2 aromatic carbocycles. The van der Waals surface area contributed by atoms with Crippen molar-refractivity contribution in [2.24, 2.45) is 0 Å². The van der Waals surface area contributed by atoms with Gasteiger partial charge < -0.3 is 10.6 Å². The van der Waals surface area contributed by atoms with Crippen molar-refractivity contribution >= 4 is 28.9 Å². The van der Waals surface area contributed by atoms with Crippen molar-refractivity contribution in [3.8, 4) is 0 Å². The zero-order chi connectivity index (χ0) is 14.5. The Morgan fingerprint density at radius 1 is 1.25 bits per heavy atom. The lowest BCUT2D eigenvalue weighted by atomic mass is 10.2. The number of rotatable bonds is 4. The topological polar surface area (TPSA) is 41.1 Å². The molecule has 0 fully saturated rings. The Balaban J connectivity index is 1.96. The second-order valence-corrected chi connectivity index (χ2v) is 4.78. The summed E-state index contributed by atoms with van der Waals surface area (Å²) in [6.07, 6.45) is 0. The van der Waals surface area contributed by atoms with Gasteiger partial charge in [0.25, 0.3) is 0 Å². The number of anilines is 2. The lowest BCUT2D eigenvalue weighted by Crippen LogP contribution is -2.22. The Hall–Kier alpha value is -2.07. The minimum Gasteiger partial charge on any atom is -0.374 e. The monoisotopic (exact) mass is 292 g/mol. The van der Waals surface area contributed by atoms with Gasteiger partial charge in [-0.2, -0.15) is 0 Å². The smallest absolute Gasteiger partial charge is 0.243 e. The molecule has 0 radical (unpaired) electrons. The normalized spacial score (nSPS) is 10.2. The number of halogens is 2. The van der Waals surface area contributed by atoms with Crippen LogP contribution in [0.15, 0.2) is 42.5 Å². The number of benzene rings is 2. The van der Waals surface area contributed by atoms with Crippen LogP contribution in [0.1, 0.15) is 5.56 Å². The lowest BCUT2D eigenvalue weighted by molar-refractivity contribution is -0.114. The zero-order valence-corrected chi connectivity index (χ0v) is 11.7. The molecule has 2 aromatic rings. The first-order chi connectivity index (χ1) is 9.56. The molecule has 0 aliphatic heterocycles. The highest BCUT2D eigenvalue weighted by molar-refractivity contribution is 6.30. The molecular weight excluding hydrogens is 279 g/mol. The fourth-order valence-corrected chi connectivity index (χ4v) is 1.99. The summed E-state index contributed by atoms with van der Waals surface area (Å²) in [5.41, 5.74) is 1.70. The Morgan fingerprint density at radius 3 is 2.70 bits per heavy atom. The summed E-state index contributed by atoms with van der Waals surface area (Å²) in [4.78, 5) is 11.8. The molecule has 0 saturated carbocycles. The van der Waals surface area contributed by atoms with Crippen molar-refractivity contribution in [1.82, 2.24) is 0 Å². The molecule has 0 unspecified atom stereocenters. The molecule has 0 saturated heterocycles. The van der Waals surface area contributed by atoms with Gasteiger partial charge in [-0.3, -0.25) is 4.79 Å². The van der Waals surface area contributed by atoms with Crippen LogP contribution in [0.3, 0.4) is 0 Å². The summed E-state index contributed by atoms with van der Waals surface area (Å²) >= 11 is 5.83. The molecule has 5 heteroatoms. The van der Waals surface area contributed by atoms with E-state index in [0.29, 0.717) is 16.4 Å². The number of amides is 1. The van der Waals surface area contributed by atoms with Crippen molar-refractivity contribution in [1.29, 1.82) is 0 Å². The van der Waals surface area contributed by atoms with Crippen LogP contribution in [0.5, 0.6) is 0 Å². The second kappa shape index (κ2) is 6.39. The summed E-state index contributed by atoms with van der Waals surface area (Å²) in [5, 5.41) is 6.02. The third kappa shape index (κ3) is 3.71. The minimum absolute atomic E-state index is 0.0196. The van der Waals surface area contributed by atoms with Gasteiger partial charge in [0.1, 0.15) is 5.82 Å². The van der Waals surface area contributed by atoms with E-state index in [1.54, 1.807) is 43.3 Å². The van der Waals surface area contributed by atoms with Crippen LogP contribution in [0.2, 0.25) is 5.02 Å². The van der Waals surface area contributed by atoms with Gasteiger partial charge >= 0.3 is 0 Å². The van der Waals surface area contributed by atoms with Gasteiger partial charge in [-0.25, -0.2) is 4.39 Å². The first-order valence-corrected chi connectivity index (χ1v) is 6.48. The van der Waals surface area contributed by atoms with Crippen molar-refractivity contribution in [3.05, 3.63) is 58.9 Å². The standard InChI is InChI=1S/C15H14ClFN2O/c1-10-4-2-7-13(17)15(10)18-9-14(20)19-12-6-3-5-11(16)8-12/h2-8,18H,9H2,1H3,(H,19,20). The summed E-state index contributed by atoms with van der Waals surface area (Å²) in [5.74, 6) is -0.643. The number of para-hydroxylation sites is 1. The van der Waals surface area contributed by atoms with Crippen molar-refractivity contribution in [3.63, 3.8) is 0 Å². The van der Waals surface area contributed by atoms with Crippen LogP contribution in [0.4, 0.5) is 15.8 Å². The van der Waals surface area contributed by atoms with Crippen LogP contribution >= 0.6 is 11.6 Å². The third-order valence-corrected chi connectivity index (χ3v) is 2.99. The lowest BCUT2D eigenvalue weighted by Gasteiger charge is -2.11. The molecule has 0 heterocycles. The summed E-state index contributed by atoms with van der Waals surface area (Å²) in [6, 6.07) is 11.6. The molecule has 20 heavy (non-hydrogen) atoms. The maximum atomic E-state index is 13.6. The van der Waals surface area contributed by atoms with Gasteiger partial charge in [0, 0.05) is 10.7 Å². The molecule has 0 aliphatic rings. The largest absolute Gasteiger partial charge is 0.374 e. The van der Waals surface area contributed by atoms with Gasteiger partial charge in [-0.1, -0.05) is 29.8 Å². The van der Waals surface area contributed by atoms with Gasteiger partial charge in [0.05, 0.1) is 12.2 Å². The summed E-state index contributed by atoms with van der Waals surface area (Å²) in [6.45, 7) is 1.76. The van der Waals surface area contributed by atoms with Crippen molar-refractivity contribution in [2.75, 3.05) is 17.2 Å². The quantitative estimate of drug-likeness (QED) is 0.899. The number of hydrogen-bond acceptors (Lipinski definition) is 2. The van der Waals surface area contributed by atoms with Crippen LogP contribution in [0, 0.1) is 12.7 Å². The van der Waals surface area contributed by atoms with E-state index in [4.69, 9.17) is 11.6 Å². The summed E-state index contributed by atoms with van der Waals surface area (Å²) < 4.78 is 13.6.